The van der Waals surface area contributed by atoms with Crippen LogP contribution in [0.15, 0.2) is 22.9 Å². The van der Waals surface area contributed by atoms with E-state index in [4.69, 9.17) is 14.3 Å². The molecule has 0 radical (unpaired) electrons. The van der Waals surface area contributed by atoms with E-state index in [1.54, 1.807) is 6.92 Å². The second-order valence-electron chi connectivity index (χ2n) is 3.22. The van der Waals surface area contributed by atoms with Gasteiger partial charge in [0, 0.05) is 13.1 Å². The zero-order valence-electron chi connectivity index (χ0n) is 8.95. The van der Waals surface area contributed by atoms with Gasteiger partial charge in [-0.1, -0.05) is 0 Å². The van der Waals surface area contributed by atoms with Gasteiger partial charge in [0.1, 0.15) is 5.75 Å². The van der Waals surface area contributed by atoms with Crippen LogP contribution < -0.4 is 4.74 Å². The average Bonchev–Trinajstić information content (AvgIpc) is 2.73. The van der Waals surface area contributed by atoms with Gasteiger partial charge in [-0.15, -0.1) is 10.2 Å². The third kappa shape index (κ3) is 2.77. The monoisotopic (exact) mass is 235 g/mol. The summed E-state index contributed by atoms with van der Waals surface area (Å²) in [6.07, 6.45) is 2.65. The Hall–Kier alpha value is -2.44. The summed E-state index contributed by atoms with van der Waals surface area (Å²) in [6.45, 7) is 1.74. The summed E-state index contributed by atoms with van der Waals surface area (Å²) >= 11 is 0. The fraction of sp³-hybridized carbons (Fsp3) is 0.200. The van der Waals surface area contributed by atoms with Crippen LogP contribution in [-0.2, 0) is 6.61 Å². The second-order valence-corrected chi connectivity index (χ2v) is 3.22. The number of rotatable bonds is 4. The summed E-state index contributed by atoms with van der Waals surface area (Å²) in [5.41, 5.74) is 0.0595. The maximum absolute atomic E-state index is 10.7. The number of ether oxygens (including phenoxy) is 1. The molecule has 0 aliphatic rings. The number of aromatic carboxylic acids is 1. The minimum atomic E-state index is -1.06. The van der Waals surface area contributed by atoms with Gasteiger partial charge in [-0.3, -0.25) is 4.98 Å². The van der Waals surface area contributed by atoms with E-state index >= 15 is 0 Å². The number of aromatic nitrogens is 3. The van der Waals surface area contributed by atoms with Gasteiger partial charge in [-0.2, -0.15) is 0 Å². The average molecular weight is 235 g/mol. The predicted octanol–water partition coefficient (Wildman–Crippen LogP) is 1.05. The van der Waals surface area contributed by atoms with Gasteiger partial charge < -0.3 is 14.3 Å². The van der Waals surface area contributed by atoms with Gasteiger partial charge in [0.15, 0.2) is 6.61 Å². The first-order valence-corrected chi connectivity index (χ1v) is 4.75. The lowest BCUT2D eigenvalue weighted by molar-refractivity contribution is 0.0696. The summed E-state index contributed by atoms with van der Waals surface area (Å²) < 4.78 is 10.4. The van der Waals surface area contributed by atoms with Crippen LogP contribution in [0.5, 0.6) is 5.75 Å². The normalized spacial score (nSPS) is 10.2. The van der Waals surface area contributed by atoms with Crippen molar-refractivity contribution in [3.63, 3.8) is 0 Å². The molecular formula is C10H9N3O4. The molecule has 0 aliphatic carbocycles. The summed E-state index contributed by atoms with van der Waals surface area (Å²) in [4.78, 5) is 14.4. The van der Waals surface area contributed by atoms with Crippen LogP contribution in [0.2, 0.25) is 0 Å². The molecule has 88 valence electrons. The minimum absolute atomic E-state index is 0.0595. The summed E-state index contributed by atoms with van der Waals surface area (Å²) in [7, 11) is 0. The molecule has 2 aromatic heterocycles. The first-order chi connectivity index (χ1) is 8.15. The zero-order chi connectivity index (χ0) is 12.3. The van der Waals surface area contributed by atoms with Crippen LogP contribution in [0.3, 0.4) is 0 Å². The molecule has 0 saturated carbocycles. The number of nitrogens with zero attached hydrogens (tertiary/aromatic N) is 3. The Bertz CT molecular complexity index is 538. The number of hydrogen-bond acceptors (Lipinski definition) is 6. The fourth-order valence-electron chi connectivity index (χ4n) is 1.16. The minimum Gasteiger partial charge on any atom is -0.482 e. The molecule has 0 saturated heterocycles. The first kappa shape index (κ1) is 11.1. The van der Waals surface area contributed by atoms with Crippen molar-refractivity contribution in [3.05, 3.63) is 35.8 Å². The van der Waals surface area contributed by atoms with Gasteiger partial charge in [0.2, 0.25) is 5.89 Å². The molecule has 0 aliphatic heterocycles. The van der Waals surface area contributed by atoms with Crippen LogP contribution in [0.1, 0.15) is 22.1 Å². The van der Waals surface area contributed by atoms with Gasteiger partial charge >= 0.3 is 5.97 Å². The van der Waals surface area contributed by atoms with E-state index in [2.05, 4.69) is 15.2 Å². The number of carboxylic acid groups (broad SMARTS) is 1. The van der Waals surface area contributed by atoms with Gasteiger partial charge in [0.25, 0.3) is 5.89 Å². The fourth-order valence-corrected chi connectivity index (χ4v) is 1.16. The maximum Gasteiger partial charge on any atom is 0.337 e. The van der Waals surface area contributed by atoms with Gasteiger partial charge in [-0.25, -0.2) is 4.79 Å². The number of carboxylic acids is 1. The van der Waals surface area contributed by atoms with Crippen LogP contribution in [-0.4, -0.2) is 26.3 Å². The van der Waals surface area contributed by atoms with Crippen molar-refractivity contribution in [1.82, 2.24) is 15.2 Å². The van der Waals surface area contributed by atoms with Crippen molar-refractivity contribution >= 4 is 5.97 Å². The van der Waals surface area contributed by atoms with Gasteiger partial charge in [0.05, 0.1) is 11.8 Å². The predicted molar refractivity (Wildman–Crippen MR) is 54.6 cm³/mol. The highest BCUT2D eigenvalue weighted by atomic mass is 16.5. The highest BCUT2D eigenvalue weighted by Gasteiger charge is 2.07. The lowest BCUT2D eigenvalue weighted by Gasteiger charge is -2.02. The topological polar surface area (TPSA) is 98.3 Å². The van der Waals surface area contributed by atoms with E-state index < -0.39 is 5.97 Å². The Morgan fingerprint density at radius 2 is 2.29 bits per heavy atom. The SMILES string of the molecule is Cc1nnc(COc2cncc(C(=O)O)c2)o1. The molecule has 0 atom stereocenters. The molecule has 0 aromatic carbocycles. The Balaban J connectivity index is 2.04. The standard InChI is InChI=1S/C10H9N3O4/c1-6-12-13-9(17-6)5-16-8-2-7(10(14)15)3-11-4-8/h2-4H,5H2,1H3,(H,14,15). The van der Waals surface area contributed by atoms with E-state index in [-0.39, 0.29) is 12.2 Å². The first-order valence-electron chi connectivity index (χ1n) is 4.75. The molecule has 1 N–H and O–H groups in total. The molecular weight excluding hydrogens is 226 g/mol. The molecule has 2 rings (SSSR count). The summed E-state index contributed by atoms with van der Waals surface area (Å²) in [5, 5.41) is 16.1. The quantitative estimate of drug-likeness (QED) is 0.845. The third-order valence-electron chi connectivity index (χ3n) is 1.89. The van der Waals surface area contributed by atoms with Crippen molar-refractivity contribution in [2.45, 2.75) is 13.5 Å². The van der Waals surface area contributed by atoms with E-state index in [1.165, 1.54) is 18.5 Å². The molecule has 0 bridgehead atoms. The third-order valence-corrected chi connectivity index (χ3v) is 1.89. The van der Waals surface area contributed by atoms with Crippen LogP contribution in [0.25, 0.3) is 0 Å². The highest BCUT2D eigenvalue weighted by molar-refractivity contribution is 5.87. The van der Waals surface area contributed by atoms with Crippen molar-refractivity contribution in [2.24, 2.45) is 0 Å². The number of aryl methyl sites for hydroxylation is 1. The smallest absolute Gasteiger partial charge is 0.337 e. The molecule has 7 nitrogen and oxygen atoms in total. The molecule has 0 amide bonds. The molecule has 7 heteroatoms. The molecule has 0 fully saturated rings. The van der Waals surface area contributed by atoms with E-state index in [1.807, 2.05) is 0 Å². The van der Waals surface area contributed by atoms with Crippen molar-refractivity contribution < 1.29 is 19.1 Å². The number of hydrogen-bond donors (Lipinski definition) is 1. The number of carbonyl (C=O) groups is 1. The second kappa shape index (κ2) is 4.60. The lowest BCUT2D eigenvalue weighted by Crippen LogP contribution is -2.00. The Labute approximate surface area is 96.1 Å². The molecule has 2 aromatic rings. The maximum atomic E-state index is 10.7. The zero-order valence-corrected chi connectivity index (χ0v) is 8.95. The molecule has 17 heavy (non-hydrogen) atoms. The summed E-state index contributed by atoms with van der Waals surface area (Å²) in [6, 6.07) is 1.37. The van der Waals surface area contributed by atoms with E-state index in [0.717, 1.165) is 0 Å². The largest absolute Gasteiger partial charge is 0.482 e. The Kier molecular flexibility index (Phi) is 2.99. The van der Waals surface area contributed by atoms with Crippen LogP contribution >= 0.6 is 0 Å². The van der Waals surface area contributed by atoms with E-state index in [0.29, 0.717) is 17.5 Å². The van der Waals surface area contributed by atoms with E-state index in [9.17, 15) is 4.79 Å². The Morgan fingerprint density at radius 3 is 2.94 bits per heavy atom. The van der Waals surface area contributed by atoms with Crippen LogP contribution in [0.4, 0.5) is 0 Å². The molecule has 2 heterocycles. The van der Waals surface area contributed by atoms with Gasteiger partial charge in [-0.05, 0) is 6.07 Å². The highest BCUT2D eigenvalue weighted by Crippen LogP contribution is 2.13. The van der Waals surface area contributed by atoms with Crippen LogP contribution in [0, 0.1) is 6.92 Å². The lowest BCUT2D eigenvalue weighted by atomic mass is 10.3. The van der Waals surface area contributed by atoms with Crippen molar-refractivity contribution in [1.29, 1.82) is 0 Å². The number of pyridine rings is 1. The van der Waals surface area contributed by atoms with Crippen molar-refractivity contribution in [2.75, 3.05) is 0 Å². The Morgan fingerprint density at radius 1 is 1.47 bits per heavy atom. The van der Waals surface area contributed by atoms with Crippen molar-refractivity contribution in [3.8, 4) is 5.75 Å². The summed E-state index contributed by atoms with van der Waals surface area (Å²) in [5.74, 6) is 0.0431. The molecule has 0 unspecified atom stereocenters. The molecule has 0 spiro atoms.